The molecular formula is C18H13F3N4O. The fourth-order valence-electron chi connectivity index (χ4n) is 2.69. The first-order valence-corrected chi connectivity index (χ1v) is 7.71. The molecule has 0 aliphatic carbocycles. The van der Waals surface area contributed by atoms with Gasteiger partial charge in [0.25, 0.3) is 0 Å². The minimum Gasteiger partial charge on any atom is -0.454 e. The number of hydrogen-bond donors (Lipinski definition) is 0. The topological polar surface area (TPSA) is 44.3 Å². The summed E-state index contributed by atoms with van der Waals surface area (Å²) in [7, 11) is 1.83. The predicted octanol–water partition coefficient (Wildman–Crippen LogP) is 4.55. The molecule has 0 amide bonds. The van der Waals surface area contributed by atoms with Crippen LogP contribution in [0.15, 0.2) is 61.3 Å². The number of aryl methyl sites for hydroxylation is 1. The van der Waals surface area contributed by atoms with E-state index in [0.717, 1.165) is 6.07 Å². The fourth-order valence-corrected chi connectivity index (χ4v) is 2.69. The normalized spacial score (nSPS) is 11.8. The smallest absolute Gasteiger partial charge is 0.419 e. The molecule has 8 heteroatoms. The van der Waals surface area contributed by atoms with Crippen molar-refractivity contribution in [2.24, 2.45) is 7.05 Å². The quantitative estimate of drug-likeness (QED) is 0.540. The van der Waals surface area contributed by atoms with E-state index in [1.54, 1.807) is 46.1 Å². The van der Waals surface area contributed by atoms with Crippen LogP contribution in [-0.4, -0.2) is 19.2 Å². The van der Waals surface area contributed by atoms with Gasteiger partial charge in [0, 0.05) is 25.0 Å². The van der Waals surface area contributed by atoms with Crippen molar-refractivity contribution in [2.45, 2.75) is 6.18 Å². The first-order valence-electron chi connectivity index (χ1n) is 7.71. The van der Waals surface area contributed by atoms with Gasteiger partial charge in [0.1, 0.15) is 11.3 Å². The number of nitrogens with zero attached hydrogens (tertiary/aromatic N) is 4. The van der Waals surface area contributed by atoms with Crippen molar-refractivity contribution in [3.05, 3.63) is 66.9 Å². The second-order valence-corrected chi connectivity index (χ2v) is 5.77. The standard InChI is InChI=1S/C18H13F3N4O/c1-24-10-14(22-11-24)12-8-17(15-6-7-23-25(15)9-12)26-16-5-3-2-4-13(16)18(19,20)21/h2-11H,1H3. The summed E-state index contributed by atoms with van der Waals surface area (Å²) in [4.78, 5) is 4.27. The van der Waals surface area contributed by atoms with Crippen LogP contribution in [0.4, 0.5) is 13.2 Å². The molecule has 5 nitrogen and oxygen atoms in total. The molecule has 3 heterocycles. The second-order valence-electron chi connectivity index (χ2n) is 5.77. The Kier molecular flexibility index (Phi) is 3.68. The monoisotopic (exact) mass is 358 g/mol. The summed E-state index contributed by atoms with van der Waals surface area (Å²) in [5, 5.41) is 4.16. The van der Waals surface area contributed by atoms with E-state index in [0.29, 0.717) is 16.8 Å². The number of ether oxygens (including phenoxy) is 1. The maximum Gasteiger partial charge on any atom is 0.419 e. The maximum absolute atomic E-state index is 13.2. The van der Waals surface area contributed by atoms with Crippen molar-refractivity contribution in [3.8, 4) is 22.8 Å². The number of benzene rings is 1. The number of para-hydroxylation sites is 1. The molecule has 0 atom stereocenters. The summed E-state index contributed by atoms with van der Waals surface area (Å²) >= 11 is 0. The van der Waals surface area contributed by atoms with Crippen LogP contribution < -0.4 is 4.74 Å². The van der Waals surface area contributed by atoms with Crippen LogP contribution in [0.5, 0.6) is 11.5 Å². The van der Waals surface area contributed by atoms with Gasteiger partial charge in [-0.1, -0.05) is 12.1 Å². The van der Waals surface area contributed by atoms with E-state index in [9.17, 15) is 13.2 Å². The highest BCUT2D eigenvalue weighted by Crippen LogP contribution is 2.39. The number of pyridine rings is 1. The molecule has 0 saturated heterocycles. The largest absolute Gasteiger partial charge is 0.454 e. The lowest BCUT2D eigenvalue weighted by Crippen LogP contribution is -2.07. The van der Waals surface area contributed by atoms with Crippen molar-refractivity contribution < 1.29 is 17.9 Å². The minimum absolute atomic E-state index is 0.263. The van der Waals surface area contributed by atoms with E-state index in [2.05, 4.69) is 10.1 Å². The van der Waals surface area contributed by atoms with Crippen LogP contribution in [0.25, 0.3) is 16.8 Å². The molecule has 0 fully saturated rings. The lowest BCUT2D eigenvalue weighted by molar-refractivity contribution is -0.138. The number of rotatable bonds is 3. The molecule has 3 aromatic heterocycles. The lowest BCUT2D eigenvalue weighted by Gasteiger charge is -2.14. The zero-order valence-electron chi connectivity index (χ0n) is 13.6. The summed E-state index contributed by atoms with van der Waals surface area (Å²) in [5.41, 5.74) is 1.07. The van der Waals surface area contributed by atoms with Gasteiger partial charge in [-0.25, -0.2) is 9.50 Å². The maximum atomic E-state index is 13.2. The predicted molar refractivity (Wildman–Crippen MR) is 88.9 cm³/mol. The molecule has 132 valence electrons. The van der Waals surface area contributed by atoms with Gasteiger partial charge in [-0.15, -0.1) is 0 Å². The molecule has 1 aromatic carbocycles. The number of aromatic nitrogens is 4. The summed E-state index contributed by atoms with van der Waals surface area (Å²) in [6.07, 6.45) is 2.24. The molecule has 4 rings (SSSR count). The molecule has 0 saturated carbocycles. The van der Waals surface area contributed by atoms with Crippen molar-refractivity contribution >= 4 is 5.52 Å². The Labute approximate surface area is 146 Å². The summed E-state index contributed by atoms with van der Waals surface area (Å²) in [6.45, 7) is 0. The Morgan fingerprint density at radius 3 is 2.58 bits per heavy atom. The van der Waals surface area contributed by atoms with Gasteiger partial charge in [-0.3, -0.25) is 0 Å². The molecule has 0 bridgehead atoms. The average molecular weight is 358 g/mol. The highest BCUT2D eigenvalue weighted by Gasteiger charge is 2.34. The molecule has 0 spiro atoms. The second kappa shape index (κ2) is 5.91. The molecule has 4 aromatic rings. The van der Waals surface area contributed by atoms with Gasteiger partial charge >= 0.3 is 6.18 Å². The van der Waals surface area contributed by atoms with Crippen molar-refractivity contribution in [1.82, 2.24) is 19.2 Å². The minimum atomic E-state index is -4.51. The van der Waals surface area contributed by atoms with Crippen LogP contribution in [0.3, 0.4) is 0 Å². The van der Waals surface area contributed by atoms with E-state index in [1.807, 2.05) is 7.05 Å². The van der Waals surface area contributed by atoms with Gasteiger partial charge in [-0.2, -0.15) is 18.3 Å². The molecule has 0 unspecified atom stereocenters. The van der Waals surface area contributed by atoms with Crippen molar-refractivity contribution in [3.63, 3.8) is 0 Å². The third kappa shape index (κ3) is 2.90. The van der Waals surface area contributed by atoms with Crippen molar-refractivity contribution in [2.75, 3.05) is 0 Å². The molecule has 26 heavy (non-hydrogen) atoms. The van der Waals surface area contributed by atoms with E-state index < -0.39 is 11.7 Å². The van der Waals surface area contributed by atoms with Crippen LogP contribution in [0.1, 0.15) is 5.56 Å². The number of fused-ring (bicyclic) bond motifs is 1. The van der Waals surface area contributed by atoms with E-state index in [1.165, 1.54) is 18.2 Å². The van der Waals surface area contributed by atoms with Crippen molar-refractivity contribution in [1.29, 1.82) is 0 Å². The number of halogens is 3. The summed E-state index contributed by atoms with van der Waals surface area (Å²) in [5.74, 6) is 0.00336. The Morgan fingerprint density at radius 1 is 1.04 bits per heavy atom. The lowest BCUT2D eigenvalue weighted by atomic mass is 10.2. The third-order valence-corrected chi connectivity index (χ3v) is 3.88. The number of alkyl halides is 3. The zero-order chi connectivity index (χ0) is 18.3. The van der Waals surface area contributed by atoms with Gasteiger partial charge < -0.3 is 9.30 Å². The van der Waals surface area contributed by atoms with E-state index in [4.69, 9.17) is 4.74 Å². The Morgan fingerprint density at radius 2 is 1.85 bits per heavy atom. The molecule has 0 radical (unpaired) electrons. The highest BCUT2D eigenvalue weighted by atomic mass is 19.4. The highest BCUT2D eigenvalue weighted by molar-refractivity contribution is 5.69. The Bertz CT molecular complexity index is 1080. The van der Waals surface area contributed by atoms with Crippen LogP contribution in [0.2, 0.25) is 0 Å². The molecule has 0 N–H and O–H groups in total. The van der Waals surface area contributed by atoms with Crippen LogP contribution in [-0.2, 0) is 13.2 Å². The number of hydrogen-bond acceptors (Lipinski definition) is 3. The summed E-state index contributed by atoms with van der Waals surface area (Å²) < 4.78 is 48.7. The third-order valence-electron chi connectivity index (χ3n) is 3.88. The summed E-state index contributed by atoms with van der Waals surface area (Å²) in [6, 6.07) is 8.45. The zero-order valence-corrected chi connectivity index (χ0v) is 13.6. The Hall–Kier alpha value is -3.29. The molecular weight excluding hydrogens is 345 g/mol. The SMILES string of the molecule is Cn1cnc(-c2cc(Oc3ccccc3C(F)(F)F)c3ccnn3c2)c1. The van der Waals surface area contributed by atoms with Gasteiger partial charge in [-0.05, 0) is 24.3 Å². The number of imidazole rings is 1. The first-order chi connectivity index (χ1) is 12.4. The van der Waals surface area contributed by atoms with E-state index in [-0.39, 0.29) is 11.5 Å². The fraction of sp³-hybridized carbons (Fsp3) is 0.111. The first kappa shape index (κ1) is 16.2. The molecule has 0 aliphatic heterocycles. The van der Waals surface area contributed by atoms with Gasteiger partial charge in [0.05, 0.1) is 23.8 Å². The van der Waals surface area contributed by atoms with Gasteiger partial charge in [0.15, 0.2) is 5.75 Å². The molecule has 0 aliphatic rings. The van der Waals surface area contributed by atoms with E-state index >= 15 is 0 Å². The van der Waals surface area contributed by atoms with Crippen LogP contribution in [0, 0.1) is 0 Å². The Balaban J connectivity index is 1.84. The average Bonchev–Trinajstić information content (AvgIpc) is 3.23. The van der Waals surface area contributed by atoms with Crippen LogP contribution >= 0.6 is 0 Å². The van der Waals surface area contributed by atoms with Gasteiger partial charge in [0.2, 0.25) is 0 Å².